The van der Waals surface area contributed by atoms with E-state index in [9.17, 15) is 13.2 Å². The molecule has 0 saturated heterocycles. The van der Waals surface area contributed by atoms with Crippen molar-refractivity contribution in [3.8, 4) is 11.3 Å². The molecule has 0 aliphatic rings. The summed E-state index contributed by atoms with van der Waals surface area (Å²) in [6.07, 6.45) is 0.836. The molecule has 0 aliphatic heterocycles. The van der Waals surface area contributed by atoms with E-state index in [1.54, 1.807) is 18.1 Å². The topological polar surface area (TPSA) is 48.1 Å². The lowest BCUT2D eigenvalue weighted by Gasteiger charge is -2.24. The van der Waals surface area contributed by atoms with Gasteiger partial charge in [0.25, 0.3) is 0 Å². The van der Waals surface area contributed by atoms with Crippen LogP contribution in [0.25, 0.3) is 11.3 Å². The van der Waals surface area contributed by atoms with Crippen LogP contribution in [-0.4, -0.2) is 47.3 Å². The van der Waals surface area contributed by atoms with Crippen LogP contribution < -0.4 is 4.90 Å². The Morgan fingerprint density at radius 1 is 1.18 bits per heavy atom. The van der Waals surface area contributed by atoms with Gasteiger partial charge in [0, 0.05) is 37.5 Å². The summed E-state index contributed by atoms with van der Waals surface area (Å²) in [4.78, 5) is 7.87. The Bertz CT molecular complexity index is 755. The summed E-state index contributed by atoms with van der Waals surface area (Å²) in [7, 11) is 3.64. The Kier molecular flexibility index (Phi) is 7.46. The number of pyridine rings is 1. The number of alkyl halides is 3. The van der Waals surface area contributed by atoms with E-state index < -0.39 is 11.7 Å². The van der Waals surface area contributed by atoms with E-state index in [1.165, 1.54) is 12.3 Å². The van der Waals surface area contributed by atoms with Crippen molar-refractivity contribution in [2.75, 3.05) is 32.1 Å². The van der Waals surface area contributed by atoms with Gasteiger partial charge < -0.3 is 9.80 Å². The van der Waals surface area contributed by atoms with E-state index in [1.807, 2.05) is 20.9 Å². The first-order valence-corrected chi connectivity index (χ1v) is 9.63. The van der Waals surface area contributed by atoms with Gasteiger partial charge in [-0.05, 0) is 32.0 Å². The summed E-state index contributed by atoms with van der Waals surface area (Å²) in [5, 5.41) is 6.89. The lowest BCUT2D eigenvalue weighted by Crippen LogP contribution is -2.26. The Balaban J connectivity index is 2.37. The molecule has 2 aromatic rings. The van der Waals surface area contributed by atoms with Crippen LogP contribution in [0.1, 0.15) is 44.7 Å². The average molecular weight is 397 g/mol. The van der Waals surface area contributed by atoms with Gasteiger partial charge in [-0.1, -0.05) is 27.2 Å². The SMILES string of the molecule is CCCCN(C)Cc1cn[nH]c1-c1cnc(N(C)CC(C)C)c(C(F)(F)F)c1. The van der Waals surface area contributed by atoms with Crippen LogP contribution in [-0.2, 0) is 12.7 Å². The molecule has 0 radical (unpaired) electrons. The van der Waals surface area contributed by atoms with Crippen molar-refractivity contribution in [2.24, 2.45) is 5.92 Å². The van der Waals surface area contributed by atoms with Crippen LogP contribution >= 0.6 is 0 Å². The lowest BCUT2D eigenvalue weighted by molar-refractivity contribution is -0.137. The highest BCUT2D eigenvalue weighted by atomic mass is 19.4. The lowest BCUT2D eigenvalue weighted by atomic mass is 10.1. The number of aromatic amines is 1. The van der Waals surface area contributed by atoms with Crippen LogP contribution in [0, 0.1) is 5.92 Å². The van der Waals surface area contributed by atoms with Gasteiger partial charge in [0.2, 0.25) is 0 Å². The normalized spacial score (nSPS) is 12.2. The number of hydrogen-bond donors (Lipinski definition) is 1. The molecule has 0 saturated carbocycles. The predicted molar refractivity (Wildman–Crippen MR) is 106 cm³/mol. The van der Waals surface area contributed by atoms with Crippen LogP contribution in [0.4, 0.5) is 19.0 Å². The maximum absolute atomic E-state index is 13.7. The largest absolute Gasteiger partial charge is 0.419 e. The second-order valence-electron chi connectivity index (χ2n) is 7.73. The van der Waals surface area contributed by atoms with Gasteiger partial charge in [0.1, 0.15) is 5.82 Å². The third-order valence-corrected chi connectivity index (χ3v) is 4.51. The Hall–Kier alpha value is -2.09. The van der Waals surface area contributed by atoms with Crippen molar-refractivity contribution in [3.63, 3.8) is 0 Å². The van der Waals surface area contributed by atoms with Crippen LogP contribution in [0.2, 0.25) is 0 Å². The zero-order valence-corrected chi connectivity index (χ0v) is 17.3. The zero-order chi connectivity index (χ0) is 20.9. The monoisotopic (exact) mass is 397 g/mol. The highest BCUT2D eigenvalue weighted by Gasteiger charge is 2.36. The van der Waals surface area contributed by atoms with E-state index >= 15 is 0 Å². The number of aromatic nitrogens is 3. The van der Waals surface area contributed by atoms with Crippen LogP contribution in [0.15, 0.2) is 18.5 Å². The molecule has 1 N–H and O–H groups in total. The molecule has 2 heterocycles. The van der Waals surface area contributed by atoms with Gasteiger partial charge in [0.15, 0.2) is 0 Å². The highest BCUT2D eigenvalue weighted by molar-refractivity contribution is 5.66. The maximum Gasteiger partial charge on any atom is 0.419 e. The summed E-state index contributed by atoms with van der Waals surface area (Å²) >= 11 is 0. The first kappa shape index (κ1) is 22.2. The molecule has 0 unspecified atom stereocenters. The Morgan fingerprint density at radius 3 is 2.50 bits per heavy atom. The molecule has 0 amide bonds. The number of H-pyrrole nitrogens is 1. The molecule has 28 heavy (non-hydrogen) atoms. The fraction of sp³-hybridized carbons (Fsp3) is 0.600. The van der Waals surface area contributed by atoms with Gasteiger partial charge in [-0.15, -0.1) is 0 Å². The van der Waals surface area contributed by atoms with Crippen molar-refractivity contribution >= 4 is 5.82 Å². The van der Waals surface area contributed by atoms with E-state index in [4.69, 9.17) is 0 Å². The Labute approximate surface area is 165 Å². The summed E-state index contributed by atoms with van der Waals surface area (Å²) in [6, 6.07) is 1.17. The molecule has 0 bridgehead atoms. The molecular formula is C20H30F3N5. The molecule has 0 aliphatic carbocycles. The third-order valence-electron chi connectivity index (χ3n) is 4.51. The molecule has 0 aromatic carbocycles. The van der Waals surface area contributed by atoms with E-state index in [0.717, 1.165) is 24.9 Å². The van der Waals surface area contributed by atoms with Crippen LogP contribution in [0.3, 0.4) is 0 Å². The van der Waals surface area contributed by atoms with Crippen molar-refractivity contribution < 1.29 is 13.2 Å². The van der Waals surface area contributed by atoms with Gasteiger partial charge in [-0.3, -0.25) is 5.10 Å². The summed E-state index contributed by atoms with van der Waals surface area (Å²) in [5.74, 6) is 0.177. The molecule has 2 rings (SSSR count). The number of nitrogens with zero attached hydrogens (tertiary/aromatic N) is 4. The number of nitrogens with one attached hydrogen (secondary N) is 1. The van der Waals surface area contributed by atoms with Crippen molar-refractivity contribution in [1.82, 2.24) is 20.1 Å². The first-order valence-electron chi connectivity index (χ1n) is 9.63. The number of hydrogen-bond acceptors (Lipinski definition) is 4. The van der Waals surface area contributed by atoms with Gasteiger partial charge in [0.05, 0.1) is 17.5 Å². The minimum absolute atomic E-state index is 0.0499. The summed E-state index contributed by atoms with van der Waals surface area (Å²) in [5.41, 5.74) is 1.11. The van der Waals surface area contributed by atoms with Crippen molar-refractivity contribution in [3.05, 3.63) is 29.6 Å². The quantitative estimate of drug-likeness (QED) is 0.659. The van der Waals surface area contributed by atoms with Crippen molar-refractivity contribution in [2.45, 2.75) is 46.3 Å². The minimum atomic E-state index is -4.48. The molecule has 0 atom stereocenters. The number of rotatable bonds is 9. The standard InChI is InChI=1S/C20H30F3N5/c1-6-7-8-27(4)13-16-11-25-26-18(16)15-9-17(20(21,22)23)19(24-10-15)28(5)12-14(2)3/h9-11,14H,6-8,12-13H2,1-5H3,(H,25,26). The van der Waals surface area contributed by atoms with Crippen LogP contribution in [0.5, 0.6) is 0 Å². The third kappa shape index (κ3) is 5.70. The second kappa shape index (κ2) is 9.41. The smallest absolute Gasteiger partial charge is 0.359 e. The molecule has 2 aromatic heterocycles. The summed E-state index contributed by atoms with van der Waals surface area (Å²) < 4.78 is 41.2. The fourth-order valence-electron chi connectivity index (χ4n) is 3.22. The number of anilines is 1. The maximum atomic E-state index is 13.7. The van der Waals surface area contributed by atoms with Crippen molar-refractivity contribution in [1.29, 1.82) is 0 Å². The molecule has 5 nitrogen and oxygen atoms in total. The fourth-order valence-corrected chi connectivity index (χ4v) is 3.22. The van der Waals surface area contributed by atoms with Gasteiger partial charge >= 0.3 is 6.18 Å². The zero-order valence-electron chi connectivity index (χ0n) is 17.3. The number of unbranched alkanes of at least 4 members (excludes halogenated alkanes) is 1. The summed E-state index contributed by atoms with van der Waals surface area (Å²) in [6.45, 7) is 8.08. The van der Waals surface area contributed by atoms with E-state index in [0.29, 0.717) is 24.3 Å². The molecule has 156 valence electrons. The molecule has 8 heteroatoms. The van der Waals surface area contributed by atoms with E-state index in [2.05, 4.69) is 27.0 Å². The molecule has 0 spiro atoms. The second-order valence-corrected chi connectivity index (χ2v) is 7.73. The molecular weight excluding hydrogens is 367 g/mol. The Morgan fingerprint density at radius 2 is 1.89 bits per heavy atom. The highest BCUT2D eigenvalue weighted by Crippen LogP contribution is 2.38. The number of halogens is 3. The minimum Gasteiger partial charge on any atom is -0.359 e. The predicted octanol–water partition coefficient (Wildman–Crippen LogP) is 4.81. The van der Waals surface area contributed by atoms with Gasteiger partial charge in [-0.2, -0.15) is 18.3 Å². The van der Waals surface area contributed by atoms with E-state index in [-0.39, 0.29) is 11.7 Å². The van der Waals surface area contributed by atoms with Gasteiger partial charge in [-0.25, -0.2) is 4.98 Å². The first-order chi connectivity index (χ1) is 13.1. The average Bonchev–Trinajstić information content (AvgIpc) is 3.06. The molecule has 0 fully saturated rings.